The average Bonchev–Trinajstić information content (AvgIpc) is 2.66. The summed E-state index contributed by atoms with van der Waals surface area (Å²) in [6.07, 6.45) is -8.30. The number of hydrogen-bond donors (Lipinski definition) is 6. The van der Waals surface area contributed by atoms with Crippen LogP contribution in [-0.4, -0.2) is 103 Å². The summed E-state index contributed by atoms with van der Waals surface area (Å²) in [6.45, 7) is -1.26. The van der Waals surface area contributed by atoms with E-state index in [0.717, 1.165) is 0 Å². The van der Waals surface area contributed by atoms with Gasteiger partial charge in [-0.1, -0.05) is 22.0 Å². The molecule has 15 heteroatoms. The standard InChI is InChI=1S/C12H20N6O8S/c13-17-15-5-7(21)3(1-19)25-11(9(5)23)27-12-10(24)6(16-18-14)8(22)4(2-20)26-12/h3-12,19-24H,1-2H2/t3?,4?,5?,6?,7-,8-,9-,10+,11-,12-/m0/s1. The molecule has 2 fully saturated rings. The summed E-state index contributed by atoms with van der Waals surface area (Å²) in [6, 6.07) is -2.66. The quantitative estimate of drug-likeness (QED) is 0.161. The number of azide groups is 2. The lowest BCUT2D eigenvalue weighted by atomic mass is 9.98. The van der Waals surface area contributed by atoms with Crippen LogP contribution in [0.4, 0.5) is 0 Å². The highest BCUT2D eigenvalue weighted by molar-refractivity contribution is 8.00. The fourth-order valence-electron chi connectivity index (χ4n) is 2.88. The van der Waals surface area contributed by atoms with Crippen molar-refractivity contribution >= 4 is 11.8 Å². The summed E-state index contributed by atoms with van der Waals surface area (Å²) >= 11 is 0.704. The zero-order chi connectivity index (χ0) is 20.1. The molecule has 0 radical (unpaired) electrons. The molecule has 0 saturated carbocycles. The van der Waals surface area contributed by atoms with Gasteiger partial charge in [0, 0.05) is 9.82 Å². The second kappa shape index (κ2) is 9.73. The van der Waals surface area contributed by atoms with Gasteiger partial charge < -0.3 is 40.1 Å². The van der Waals surface area contributed by atoms with Crippen LogP contribution in [0.2, 0.25) is 0 Å². The Balaban J connectivity index is 2.21. The molecule has 0 amide bonds. The number of thioether (sulfide) groups is 1. The number of hydrogen-bond acceptors (Lipinski definition) is 11. The average molecular weight is 408 g/mol. The van der Waals surface area contributed by atoms with E-state index in [1.54, 1.807) is 0 Å². The molecule has 0 aliphatic carbocycles. The highest BCUT2D eigenvalue weighted by Gasteiger charge is 2.49. The first-order valence-electron chi connectivity index (χ1n) is 7.88. The number of nitrogens with zero attached hydrogens (tertiary/aromatic N) is 6. The van der Waals surface area contributed by atoms with Gasteiger partial charge in [-0.3, -0.25) is 0 Å². The van der Waals surface area contributed by atoms with E-state index in [-0.39, 0.29) is 0 Å². The Morgan fingerprint density at radius 3 is 1.41 bits per heavy atom. The second-order valence-electron chi connectivity index (χ2n) is 5.94. The first kappa shape index (κ1) is 21.9. The Morgan fingerprint density at radius 2 is 1.11 bits per heavy atom. The fraction of sp³-hybridized carbons (Fsp3) is 1.00. The summed E-state index contributed by atoms with van der Waals surface area (Å²) in [5.41, 5.74) is 14.8. The number of aliphatic hydroxyl groups is 6. The number of aliphatic hydroxyl groups excluding tert-OH is 6. The molecule has 2 aliphatic rings. The van der Waals surface area contributed by atoms with E-state index in [1.165, 1.54) is 0 Å². The molecule has 2 saturated heterocycles. The minimum Gasteiger partial charge on any atom is -0.394 e. The van der Waals surface area contributed by atoms with Gasteiger partial charge in [-0.05, 0) is 11.1 Å². The maximum absolute atomic E-state index is 10.3. The molecular weight excluding hydrogens is 388 g/mol. The molecule has 0 bridgehead atoms. The van der Waals surface area contributed by atoms with Gasteiger partial charge in [0.2, 0.25) is 0 Å². The van der Waals surface area contributed by atoms with Crippen molar-refractivity contribution in [3.05, 3.63) is 20.9 Å². The van der Waals surface area contributed by atoms with Crippen molar-refractivity contribution in [1.29, 1.82) is 0 Å². The largest absolute Gasteiger partial charge is 0.394 e. The first-order valence-corrected chi connectivity index (χ1v) is 8.82. The van der Waals surface area contributed by atoms with E-state index < -0.39 is 72.8 Å². The lowest BCUT2D eigenvalue weighted by molar-refractivity contribution is -0.170. The predicted molar refractivity (Wildman–Crippen MR) is 89.0 cm³/mol. The van der Waals surface area contributed by atoms with Crippen molar-refractivity contribution in [2.45, 2.75) is 59.6 Å². The Morgan fingerprint density at radius 1 is 0.741 bits per heavy atom. The summed E-state index contributed by atoms with van der Waals surface area (Å²) in [5, 5.41) is 66.0. The van der Waals surface area contributed by atoms with Gasteiger partial charge in [-0.25, -0.2) is 0 Å². The van der Waals surface area contributed by atoms with E-state index >= 15 is 0 Å². The third-order valence-corrected chi connectivity index (χ3v) is 5.65. The van der Waals surface area contributed by atoms with Crippen molar-refractivity contribution in [3.63, 3.8) is 0 Å². The maximum atomic E-state index is 10.3. The predicted octanol–water partition coefficient (Wildman–Crippen LogP) is -2.04. The Labute approximate surface area is 156 Å². The minimum absolute atomic E-state index is 0.629. The van der Waals surface area contributed by atoms with Crippen LogP contribution in [0.15, 0.2) is 10.2 Å². The molecule has 2 rings (SSSR count). The summed E-state index contributed by atoms with van der Waals surface area (Å²) in [5.74, 6) is 0. The molecule has 0 aromatic rings. The summed E-state index contributed by atoms with van der Waals surface area (Å²) in [7, 11) is 0. The van der Waals surface area contributed by atoms with Gasteiger partial charge in [0.15, 0.2) is 0 Å². The van der Waals surface area contributed by atoms with Crippen molar-refractivity contribution in [1.82, 2.24) is 0 Å². The van der Waals surface area contributed by atoms with Gasteiger partial charge in [0.1, 0.15) is 35.3 Å². The minimum atomic E-state index is -1.52. The van der Waals surface area contributed by atoms with Crippen molar-refractivity contribution in [3.8, 4) is 0 Å². The van der Waals surface area contributed by atoms with Crippen LogP contribution in [0, 0.1) is 0 Å². The zero-order valence-electron chi connectivity index (χ0n) is 13.8. The van der Waals surface area contributed by atoms with Gasteiger partial charge >= 0.3 is 0 Å². The molecule has 14 nitrogen and oxygen atoms in total. The van der Waals surface area contributed by atoms with Crippen LogP contribution >= 0.6 is 11.8 Å². The lowest BCUT2D eigenvalue weighted by Gasteiger charge is -2.44. The molecule has 0 aromatic carbocycles. The molecule has 10 atom stereocenters. The molecule has 2 heterocycles. The van der Waals surface area contributed by atoms with Crippen molar-refractivity contribution in [2.24, 2.45) is 10.2 Å². The van der Waals surface area contributed by atoms with E-state index in [0.29, 0.717) is 11.8 Å². The molecule has 27 heavy (non-hydrogen) atoms. The Bertz CT molecular complexity index is 554. The monoisotopic (exact) mass is 408 g/mol. The van der Waals surface area contributed by atoms with E-state index in [1.807, 2.05) is 0 Å². The molecule has 152 valence electrons. The molecule has 6 N–H and O–H groups in total. The summed E-state index contributed by atoms with van der Waals surface area (Å²) < 4.78 is 10.8. The van der Waals surface area contributed by atoms with Gasteiger partial charge in [-0.2, -0.15) is 0 Å². The van der Waals surface area contributed by atoms with Crippen LogP contribution in [0.3, 0.4) is 0 Å². The fourth-order valence-corrected chi connectivity index (χ4v) is 4.21. The lowest BCUT2D eigenvalue weighted by Crippen LogP contribution is -2.60. The highest BCUT2D eigenvalue weighted by Crippen LogP contribution is 2.37. The van der Waals surface area contributed by atoms with Crippen LogP contribution in [0.5, 0.6) is 0 Å². The Hall–Kier alpha value is -1.35. The van der Waals surface area contributed by atoms with E-state index in [2.05, 4.69) is 20.1 Å². The Kier molecular flexibility index (Phi) is 7.91. The van der Waals surface area contributed by atoms with Gasteiger partial charge in [0.25, 0.3) is 0 Å². The topological polar surface area (TPSA) is 237 Å². The molecule has 2 aliphatic heterocycles. The van der Waals surface area contributed by atoms with Crippen LogP contribution < -0.4 is 0 Å². The van der Waals surface area contributed by atoms with Crippen LogP contribution in [0.25, 0.3) is 20.9 Å². The van der Waals surface area contributed by atoms with E-state index in [9.17, 15) is 30.6 Å². The third kappa shape index (κ3) is 4.56. The SMILES string of the molecule is [N-]=[N+]=NC1[C@@H](O)C(CO)O[C@@H](S[C@@H]2OC(CO)[C@H](O)C(N=[N+]=[N-])[C@@H]2O)[C@@H]1O. The number of ether oxygens (including phenoxy) is 2. The highest BCUT2D eigenvalue weighted by atomic mass is 32.2. The van der Waals surface area contributed by atoms with Crippen molar-refractivity contribution < 1.29 is 40.1 Å². The molecule has 0 aromatic heterocycles. The van der Waals surface area contributed by atoms with Crippen molar-refractivity contribution in [2.75, 3.05) is 13.2 Å². The molecule has 0 spiro atoms. The van der Waals surface area contributed by atoms with Crippen LogP contribution in [-0.2, 0) is 9.47 Å². The summed E-state index contributed by atoms with van der Waals surface area (Å²) in [4.78, 5) is 5.11. The van der Waals surface area contributed by atoms with Crippen LogP contribution in [0.1, 0.15) is 0 Å². The molecule has 4 unspecified atom stereocenters. The first-order chi connectivity index (χ1) is 12.9. The van der Waals surface area contributed by atoms with Gasteiger partial charge in [-0.15, -0.1) is 0 Å². The maximum Gasteiger partial charge on any atom is 0.132 e. The third-order valence-electron chi connectivity index (χ3n) is 4.34. The smallest absolute Gasteiger partial charge is 0.132 e. The molecular formula is C12H20N6O8S. The number of rotatable bonds is 6. The van der Waals surface area contributed by atoms with Gasteiger partial charge in [0.05, 0.1) is 37.5 Å². The zero-order valence-corrected chi connectivity index (χ0v) is 14.6. The normalized spacial score (nSPS) is 44.8. The second-order valence-corrected chi connectivity index (χ2v) is 7.14. The van der Waals surface area contributed by atoms with E-state index in [4.69, 9.17) is 20.5 Å².